The summed E-state index contributed by atoms with van der Waals surface area (Å²) >= 11 is 0. The van der Waals surface area contributed by atoms with Crippen molar-refractivity contribution in [1.82, 2.24) is 14.9 Å². The predicted octanol–water partition coefficient (Wildman–Crippen LogP) is 3.85. The molecule has 6 rings (SSSR count). The summed E-state index contributed by atoms with van der Waals surface area (Å²) in [4.78, 5) is 27.0. The fourth-order valence-electron chi connectivity index (χ4n) is 5.28. The molecule has 2 saturated heterocycles. The summed E-state index contributed by atoms with van der Waals surface area (Å²) in [5.41, 5.74) is 0.597. The van der Waals surface area contributed by atoms with E-state index >= 15 is 0 Å². The van der Waals surface area contributed by atoms with Crippen LogP contribution in [0.2, 0.25) is 0 Å². The van der Waals surface area contributed by atoms with Gasteiger partial charge in [0.1, 0.15) is 22.7 Å². The largest absolute Gasteiger partial charge is 0.508 e. The van der Waals surface area contributed by atoms with E-state index in [1.54, 1.807) is 19.1 Å². The van der Waals surface area contributed by atoms with E-state index < -0.39 is 11.4 Å². The van der Waals surface area contributed by atoms with Crippen LogP contribution >= 0.6 is 0 Å². The number of aromatic hydroxyl groups is 1. The van der Waals surface area contributed by atoms with Gasteiger partial charge in [0.25, 0.3) is 0 Å². The van der Waals surface area contributed by atoms with Gasteiger partial charge in [-0.25, -0.2) is 9.18 Å². The first kappa shape index (κ1) is 21.8. The van der Waals surface area contributed by atoms with Gasteiger partial charge in [0.05, 0.1) is 12.6 Å². The maximum Gasteiger partial charge on any atom is 0.349 e. The van der Waals surface area contributed by atoms with Crippen molar-refractivity contribution in [2.45, 2.75) is 25.8 Å². The Morgan fingerprint density at radius 3 is 2.74 bits per heavy atom. The van der Waals surface area contributed by atoms with Crippen molar-refractivity contribution in [1.29, 1.82) is 0 Å². The summed E-state index contributed by atoms with van der Waals surface area (Å²) in [6, 6.07) is 8.05. The summed E-state index contributed by atoms with van der Waals surface area (Å²) in [6.07, 6.45) is 2.21. The average molecular weight is 477 g/mol. The number of methoxy groups -OCH3 is 1. The van der Waals surface area contributed by atoms with Crippen molar-refractivity contribution < 1.29 is 18.7 Å². The molecule has 2 aromatic heterocycles. The number of phenolic OH excluding ortho intramolecular Hbond substituents is 1. The first-order chi connectivity index (χ1) is 16.9. The van der Waals surface area contributed by atoms with E-state index in [-0.39, 0.29) is 33.9 Å². The second-order valence-electron chi connectivity index (χ2n) is 9.21. The maximum atomic E-state index is 14.9. The van der Waals surface area contributed by atoms with Crippen LogP contribution in [-0.2, 0) is 0 Å². The Kier molecular flexibility index (Phi) is 5.10. The van der Waals surface area contributed by atoms with Crippen LogP contribution in [-0.4, -0.2) is 59.3 Å². The van der Waals surface area contributed by atoms with Crippen molar-refractivity contribution in [3.63, 3.8) is 0 Å². The molecular weight excluding hydrogens is 451 g/mol. The van der Waals surface area contributed by atoms with Crippen LogP contribution in [0.3, 0.4) is 0 Å². The molecule has 1 unspecified atom stereocenters. The molecule has 0 saturated carbocycles. The molecule has 1 N–H and O–H groups in total. The number of fused-ring (bicyclic) bond motifs is 2. The number of anilines is 1. The Morgan fingerprint density at radius 1 is 1.17 bits per heavy atom. The molecule has 4 heterocycles. The smallest absolute Gasteiger partial charge is 0.349 e. The Balaban J connectivity index is 1.56. The average Bonchev–Trinajstić information content (AvgIpc) is 3.28. The minimum absolute atomic E-state index is 0.0599. The fourth-order valence-corrected chi connectivity index (χ4v) is 5.28. The van der Waals surface area contributed by atoms with Crippen molar-refractivity contribution in [3.05, 3.63) is 52.1 Å². The van der Waals surface area contributed by atoms with Gasteiger partial charge in [0.15, 0.2) is 5.82 Å². The maximum absolute atomic E-state index is 14.9. The van der Waals surface area contributed by atoms with Crippen LogP contribution in [0.4, 0.5) is 10.2 Å². The van der Waals surface area contributed by atoms with Crippen molar-refractivity contribution >= 4 is 27.5 Å². The van der Waals surface area contributed by atoms with E-state index in [2.05, 4.69) is 19.8 Å². The zero-order valence-electron chi connectivity index (χ0n) is 19.5. The number of halogens is 1. The summed E-state index contributed by atoms with van der Waals surface area (Å²) in [5, 5.41) is 11.3. The Morgan fingerprint density at radius 2 is 2.00 bits per heavy atom. The SMILES string of the molecule is COc1nc(N2CCC(N3CCC3)C2)c2c(=O)oc(-c3cc(O)cc4cccc(F)c34)c(C)c2n1. The molecular formula is C26H25FN4O4. The molecule has 1 atom stereocenters. The lowest BCUT2D eigenvalue weighted by molar-refractivity contribution is 0.129. The monoisotopic (exact) mass is 476 g/mol. The Bertz CT molecular complexity index is 1530. The topological polar surface area (TPSA) is 91.9 Å². The lowest BCUT2D eigenvalue weighted by atomic mass is 9.98. The third kappa shape index (κ3) is 3.49. The van der Waals surface area contributed by atoms with Crippen molar-refractivity contribution in [2.24, 2.45) is 0 Å². The predicted molar refractivity (Wildman–Crippen MR) is 131 cm³/mol. The summed E-state index contributed by atoms with van der Waals surface area (Å²) in [6.45, 7) is 5.49. The van der Waals surface area contributed by atoms with Gasteiger partial charge in [0, 0.05) is 35.6 Å². The minimum Gasteiger partial charge on any atom is -0.508 e. The van der Waals surface area contributed by atoms with Crippen LogP contribution in [0.1, 0.15) is 18.4 Å². The third-order valence-electron chi connectivity index (χ3n) is 7.17. The number of ether oxygens (including phenoxy) is 1. The van der Waals surface area contributed by atoms with Gasteiger partial charge in [-0.1, -0.05) is 12.1 Å². The van der Waals surface area contributed by atoms with Crippen LogP contribution in [0.25, 0.3) is 33.0 Å². The Hall–Kier alpha value is -3.72. The number of aryl methyl sites for hydroxylation is 1. The van der Waals surface area contributed by atoms with Gasteiger partial charge in [-0.05, 0) is 56.4 Å². The highest BCUT2D eigenvalue weighted by atomic mass is 19.1. The molecule has 0 aliphatic carbocycles. The molecule has 2 aliphatic heterocycles. The lowest BCUT2D eigenvalue weighted by Crippen LogP contribution is -2.46. The molecule has 2 aliphatic rings. The number of likely N-dealkylation sites (tertiary alicyclic amines) is 1. The van der Waals surface area contributed by atoms with Gasteiger partial charge >= 0.3 is 11.6 Å². The number of rotatable bonds is 4. The molecule has 180 valence electrons. The third-order valence-corrected chi connectivity index (χ3v) is 7.17. The highest BCUT2D eigenvalue weighted by Crippen LogP contribution is 2.38. The van der Waals surface area contributed by atoms with Gasteiger partial charge in [-0.3, -0.25) is 4.90 Å². The Labute approximate surface area is 200 Å². The van der Waals surface area contributed by atoms with E-state index in [4.69, 9.17) is 9.15 Å². The zero-order chi connectivity index (χ0) is 24.3. The molecule has 4 aromatic rings. The molecule has 8 nitrogen and oxygen atoms in total. The van der Waals surface area contributed by atoms with Crippen LogP contribution in [0.15, 0.2) is 39.5 Å². The van der Waals surface area contributed by atoms with Crippen LogP contribution < -0.4 is 15.3 Å². The number of nitrogens with zero attached hydrogens (tertiary/aromatic N) is 4. The molecule has 2 fully saturated rings. The molecule has 9 heteroatoms. The standard InChI is InChI=1S/C26H25FN4O4/c1-14-22-21(24(29-26(28-22)34-2)31-10-7-16(13-31)30-8-4-9-30)25(33)35-23(14)18-12-17(32)11-15-5-3-6-19(27)20(15)18/h3,5-6,11-12,16,32H,4,7-10,13H2,1-2H3. The summed E-state index contributed by atoms with van der Waals surface area (Å²) in [7, 11) is 1.48. The van der Waals surface area contributed by atoms with Gasteiger partial charge in [-0.15, -0.1) is 0 Å². The normalized spacial score (nSPS) is 18.4. The number of phenols is 1. The molecule has 2 aromatic carbocycles. The van der Waals surface area contributed by atoms with Crippen LogP contribution in [0.5, 0.6) is 11.8 Å². The molecule has 0 spiro atoms. The lowest BCUT2D eigenvalue weighted by Gasteiger charge is -2.36. The van der Waals surface area contributed by atoms with E-state index in [0.717, 1.165) is 32.6 Å². The second kappa shape index (κ2) is 8.20. The first-order valence-electron chi connectivity index (χ1n) is 11.7. The van der Waals surface area contributed by atoms with Gasteiger partial charge < -0.3 is 19.2 Å². The summed E-state index contributed by atoms with van der Waals surface area (Å²) in [5.74, 6) is 0.107. The fraction of sp³-hybridized carbons (Fsp3) is 0.346. The molecule has 35 heavy (non-hydrogen) atoms. The molecule has 0 bridgehead atoms. The first-order valence-corrected chi connectivity index (χ1v) is 11.7. The van der Waals surface area contributed by atoms with Gasteiger partial charge in [0.2, 0.25) is 0 Å². The minimum atomic E-state index is -0.613. The number of hydrogen-bond acceptors (Lipinski definition) is 8. The number of aromatic nitrogens is 2. The number of benzene rings is 2. The van der Waals surface area contributed by atoms with E-state index in [1.807, 2.05) is 0 Å². The van der Waals surface area contributed by atoms with Crippen LogP contribution in [0, 0.1) is 12.7 Å². The van der Waals surface area contributed by atoms with Gasteiger partial charge in [-0.2, -0.15) is 9.97 Å². The molecule has 0 amide bonds. The zero-order valence-corrected chi connectivity index (χ0v) is 19.5. The van der Waals surface area contributed by atoms with E-state index in [9.17, 15) is 14.3 Å². The van der Waals surface area contributed by atoms with E-state index in [1.165, 1.54) is 31.7 Å². The summed E-state index contributed by atoms with van der Waals surface area (Å²) < 4.78 is 26.1. The van der Waals surface area contributed by atoms with Crippen molar-refractivity contribution in [3.8, 4) is 23.1 Å². The van der Waals surface area contributed by atoms with E-state index in [0.29, 0.717) is 28.3 Å². The highest BCUT2D eigenvalue weighted by molar-refractivity contribution is 6.00. The highest BCUT2D eigenvalue weighted by Gasteiger charge is 2.33. The molecule has 0 radical (unpaired) electrons. The quantitative estimate of drug-likeness (QED) is 0.475. The number of hydrogen-bond donors (Lipinski definition) is 1. The second-order valence-corrected chi connectivity index (χ2v) is 9.21. The van der Waals surface area contributed by atoms with Crippen molar-refractivity contribution in [2.75, 3.05) is 38.2 Å².